The van der Waals surface area contributed by atoms with Gasteiger partial charge in [-0.2, -0.15) is 0 Å². The number of furan rings is 1. The molecule has 1 heterocycles. The Balaban J connectivity index is 2.08. The maximum atomic E-state index is 6.27. The molecule has 1 aromatic carbocycles. The first-order chi connectivity index (χ1) is 9.60. The number of hydrogen-bond donors (Lipinski definition) is 1. The molecule has 0 aliphatic carbocycles. The second-order valence-corrected chi connectivity index (χ2v) is 6.60. The highest BCUT2D eigenvalue weighted by Crippen LogP contribution is 2.30. The average Bonchev–Trinajstić information content (AvgIpc) is 2.84. The molecule has 0 amide bonds. The first-order valence-electron chi connectivity index (χ1n) is 6.87. The number of hydrogen-bond acceptors (Lipinski definition) is 2. The molecule has 0 spiro atoms. The molecule has 4 heteroatoms. The molecule has 1 N–H and O–H groups in total. The van der Waals surface area contributed by atoms with Gasteiger partial charge in [-0.1, -0.05) is 18.5 Å². The van der Waals surface area contributed by atoms with Gasteiger partial charge in [0.05, 0.1) is 5.02 Å². The molecule has 0 saturated heterocycles. The zero-order chi connectivity index (χ0) is 14.5. The normalized spacial score (nSPS) is 12.6. The van der Waals surface area contributed by atoms with Gasteiger partial charge in [-0.3, -0.25) is 0 Å². The van der Waals surface area contributed by atoms with Gasteiger partial charge < -0.3 is 9.73 Å². The minimum absolute atomic E-state index is 0.418. The van der Waals surface area contributed by atoms with Gasteiger partial charge in [-0.15, -0.1) is 0 Å². The molecule has 2 aromatic rings. The smallest absolute Gasteiger partial charge is 0.135 e. The molecule has 0 bridgehead atoms. The van der Waals surface area contributed by atoms with E-state index in [-0.39, 0.29) is 0 Å². The Morgan fingerprint density at radius 1 is 1.30 bits per heavy atom. The fraction of sp³-hybridized carbons (Fsp3) is 0.375. The van der Waals surface area contributed by atoms with Crippen LogP contribution >= 0.6 is 34.2 Å². The summed E-state index contributed by atoms with van der Waals surface area (Å²) in [6, 6.07) is 10.4. The van der Waals surface area contributed by atoms with Gasteiger partial charge in [-0.25, -0.2) is 0 Å². The molecule has 2 nitrogen and oxygen atoms in total. The monoisotopic (exact) mass is 403 g/mol. The maximum absolute atomic E-state index is 6.27. The van der Waals surface area contributed by atoms with Crippen LogP contribution in [0.5, 0.6) is 0 Å². The number of benzene rings is 1. The van der Waals surface area contributed by atoms with E-state index in [4.69, 9.17) is 16.0 Å². The summed E-state index contributed by atoms with van der Waals surface area (Å²) in [6.07, 6.45) is 2.04. The van der Waals surface area contributed by atoms with E-state index >= 15 is 0 Å². The molecular formula is C16H19ClINO. The second-order valence-electron chi connectivity index (χ2n) is 4.95. The fourth-order valence-electron chi connectivity index (χ4n) is 2.09. The summed E-state index contributed by atoms with van der Waals surface area (Å²) in [5.41, 5.74) is 0.951. The van der Waals surface area contributed by atoms with Crippen molar-refractivity contribution in [2.45, 2.75) is 32.7 Å². The van der Waals surface area contributed by atoms with Crippen LogP contribution < -0.4 is 5.32 Å². The van der Waals surface area contributed by atoms with Crippen LogP contribution in [0, 0.1) is 3.57 Å². The molecule has 108 valence electrons. The maximum Gasteiger partial charge on any atom is 0.135 e. The molecule has 0 fully saturated rings. The first kappa shape index (κ1) is 15.9. The van der Waals surface area contributed by atoms with Gasteiger partial charge in [0.15, 0.2) is 0 Å². The lowest BCUT2D eigenvalue weighted by molar-refractivity contribution is 0.464. The van der Waals surface area contributed by atoms with Gasteiger partial charge in [0.25, 0.3) is 0 Å². The largest absolute Gasteiger partial charge is 0.461 e. The van der Waals surface area contributed by atoms with Gasteiger partial charge >= 0.3 is 0 Å². The molecule has 1 unspecified atom stereocenters. The molecule has 1 atom stereocenters. The van der Waals surface area contributed by atoms with Crippen LogP contribution in [-0.2, 0) is 6.42 Å². The number of rotatable bonds is 6. The summed E-state index contributed by atoms with van der Waals surface area (Å²) >= 11 is 8.52. The predicted molar refractivity (Wildman–Crippen MR) is 93.3 cm³/mol. The molecular weight excluding hydrogens is 385 g/mol. The highest BCUT2D eigenvalue weighted by molar-refractivity contribution is 14.1. The van der Waals surface area contributed by atoms with E-state index in [1.54, 1.807) is 0 Å². The second kappa shape index (κ2) is 7.48. The molecule has 0 aliphatic rings. The Kier molecular flexibility index (Phi) is 5.93. The van der Waals surface area contributed by atoms with Crippen molar-refractivity contribution in [3.63, 3.8) is 0 Å². The zero-order valence-electron chi connectivity index (χ0n) is 11.7. The van der Waals surface area contributed by atoms with Crippen molar-refractivity contribution in [3.8, 4) is 11.3 Å². The predicted octanol–water partition coefficient (Wildman–Crippen LogP) is 5.14. The van der Waals surface area contributed by atoms with E-state index in [0.29, 0.717) is 6.04 Å². The minimum Gasteiger partial charge on any atom is -0.461 e. The van der Waals surface area contributed by atoms with Crippen LogP contribution in [0.3, 0.4) is 0 Å². The lowest BCUT2D eigenvalue weighted by atomic mass is 10.2. The van der Waals surface area contributed by atoms with Crippen LogP contribution in [0.2, 0.25) is 5.02 Å². The summed E-state index contributed by atoms with van der Waals surface area (Å²) in [5.74, 6) is 1.83. The molecule has 20 heavy (non-hydrogen) atoms. The summed E-state index contributed by atoms with van der Waals surface area (Å²) < 4.78 is 7.04. The number of halogens is 2. The molecule has 0 radical (unpaired) electrons. The standard InChI is InChI=1S/C16H19ClINO/c1-3-8-19-11(2)9-13-5-7-16(20-13)14-6-4-12(18)10-15(14)17/h4-7,10-11,19H,3,8-9H2,1-2H3. The van der Waals surface area contributed by atoms with Crippen molar-refractivity contribution in [3.05, 3.63) is 44.7 Å². The van der Waals surface area contributed by atoms with Crippen molar-refractivity contribution < 1.29 is 4.42 Å². The fourth-order valence-corrected chi connectivity index (χ4v) is 3.04. The van der Waals surface area contributed by atoms with E-state index in [0.717, 1.165) is 45.1 Å². The Bertz CT molecular complexity index is 567. The first-order valence-corrected chi connectivity index (χ1v) is 8.33. The third-order valence-corrected chi connectivity index (χ3v) is 4.09. The highest BCUT2D eigenvalue weighted by atomic mass is 127. The lowest BCUT2D eigenvalue weighted by Crippen LogP contribution is -2.28. The average molecular weight is 404 g/mol. The molecule has 1 aromatic heterocycles. The topological polar surface area (TPSA) is 25.2 Å². The van der Waals surface area contributed by atoms with Crippen molar-refractivity contribution >= 4 is 34.2 Å². The highest BCUT2D eigenvalue weighted by Gasteiger charge is 2.11. The van der Waals surface area contributed by atoms with Gasteiger partial charge in [0, 0.05) is 21.6 Å². The quantitative estimate of drug-likeness (QED) is 0.676. The third kappa shape index (κ3) is 4.24. The Hall–Kier alpha value is -0.520. The Morgan fingerprint density at radius 3 is 2.80 bits per heavy atom. The van der Waals surface area contributed by atoms with E-state index in [2.05, 4.69) is 41.8 Å². The minimum atomic E-state index is 0.418. The van der Waals surface area contributed by atoms with Crippen LogP contribution in [0.25, 0.3) is 11.3 Å². The summed E-state index contributed by atoms with van der Waals surface area (Å²) in [7, 11) is 0. The van der Waals surface area contributed by atoms with Crippen molar-refractivity contribution in [2.75, 3.05) is 6.54 Å². The molecule has 0 saturated carbocycles. The summed E-state index contributed by atoms with van der Waals surface area (Å²) in [4.78, 5) is 0. The summed E-state index contributed by atoms with van der Waals surface area (Å²) in [6.45, 7) is 5.39. The van der Waals surface area contributed by atoms with E-state index in [9.17, 15) is 0 Å². The van der Waals surface area contributed by atoms with E-state index in [1.165, 1.54) is 0 Å². The summed E-state index contributed by atoms with van der Waals surface area (Å²) in [5, 5.41) is 4.19. The van der Waals surface area contributed by atoms with Crippen molar-refractivity contribution in [1.29, 1.82) is 0 Å². The van der Waals surface area contributed by atoms with Crippen molar-refractivity contribution in [2.24, 2.45) is 0 Å². The van der Waals surface area contributed by atoms with Crippen LogP contribution in [0.4, 0.5) is 0 Å². The lowest BCUT2D eigenvalue weighted by Gasteiger charge is -2.11. The Labute approximate surface area is 139 Å². The van der Waals surface area contributed by atoms with Crippen LogP contribution in [-0.4, -0.2) is 12.6 Å². The van der Waals surface area contributed by atoms with Crippen molar-refractivity contribution in [1.82, 2.24) is 5.32 Å². The van der Waals surface area contributed by atoms with E-state index in [1.807, 2.05) is 30.3 Å². The molecule has 0 aliphatic heterocycles. The van der Waals surface area contributed by atoms with E-state index < -0.39 is 0 Å². The van der Waals surface area contributed by atoms with Crippen LogP contribution in [0.15, 0.2) is 34.7 Å². The number of nitrogens with one attached hydrogen (secondary N) is 1. The third-order valence-electron chi connectivity index (χ3n) is 3.11. The molecule has 2 rings (SSSR count). The van der Waals surface area contributed by atoms with Crippen LogP contribution in [0.1, 0.15) is 26.0 Å². The Morgan fingerprint density at radius 2 is 2.10 bits per heavy atom. The SMILES string of the molecule is CCCNC(C)Cc1ccc(-c2ccc(I)cc2Cl)o1. The zero-order valence-corrected chi connectivity index (χ0v) is 14.7. The van der Waals surface area contributed by atoms with Gasteiger partial charge in [0.2, 0.25) is 0 Å². The van der Waals surface area contributed by atoms with Gasteiger partial charge in [-0.05, 0) is 72.8 Å². The van der Waals surface area contributed by atoms with Gasteiger partial charge in [0.1, 0.15) is 11.5 Å².